The van der Waals surface area contributed by atoms with E-state index >= 15 is 0 Å². The Labute approximate surface area is 107 Å². The van der Waals surface area contributed by atoms with Gasteiger partial charge >= 0.3 is 0 Å². The van der Waals surface area contributed by atoms with Gasteiger partial charge in [-0.1, -0.05) is 18.5 Å². The number of hydrogen-bond donors (Lipinski definition) is 3. The van der Waals surface area contributed by atoms with Gasteiger partial charge in [0.25, 0.3) is 0 Å². The smallest absolute Gasteiger partial charge is 0.129 e. The number of aliphatic hydroxyl groups is 1. The molecule has 0 aliphatic carbocycles. The Morgan fingerprint density at radius 3 is 2.88 bits per heavy atom. The summed E-state index contributed by atoms with van der Waals surface area (Å²) in [7, 11) is 0. The van der Waals surface area contributed by atoms with Crippen molar-refractivity contribution in [3.8, 4) is 0 Å². The van der Waals surface area contributed by atoms with Gasteiger partial charge in [0.05, 0.1) is 10.6 Å². The molecule has 0 fully saturated rings. The molecule has 0 aliphatic heterocycles. The van der Waals surface area contributed by atoms with Crippen LogP contribution in [-0.2, 0) is 5.60 Å². The highest BCUT2D eigenvalue weighted by Crippen LogP contribution is 2.29. The van der Waals surface area contributed by atoms with Gasteiger partial charge in [-0.2, -0.15) is 0 Å². The van der Waals surface area contributed by atoms with E-state index in [-0.39, 0.29) is 0 Å². The molecule has 1 aromatic rings. The van der Waals surface area contributed by atoms with Crippen molar-refractivity contribution in [2.45, 2.75) is 32.3 Å². The lowest BCUT2D eigenvalue weighted by molar-refractivity contribution is 0.0486. The second-order valence-corrected chi connectivity index (χ2v) is 4.80. The fraction of sp³-hybridized carbons (Fsp3) is 0.583. The summed E-state index contributed by atoms with van der Waals surface area (Å²) in [5.41, 5.74) is 5.33. The molecule has 0 spiro atoms. The molecule has 4 N–H and O–H groups in total. The minimum atomic E-state index is -1.01. The molecule has 96 valence electrons. The van der Waals surface area contributed by atoms with Gasteiger partial charge in [0.2, 0.25) is 0 Å². The molecule has 5 heteroatoms. The molecule has 4 nitrogen and oxygen atoms in total. The molecule has 0 bridgehead atoms. The lowest BCUT2D eigenvalue weighted by Crippen LogP contribution is -2.29. The maximum Gasteiger partial charge on any atom is 0.129 e. The van der Waals surface area contributed by atoms with E-state index in [1.54, 1.807) is 13.0 Å². The van der Waals surface area contributed by atoms with E-state index < -0.39 is 5.60 Å². The molecule has 17 heavy (non-hydrogen) atoms. The standard InChI is InChI=1S/C12H20ClN3O/c1-3-5-15-6-4-12(2,17)10-7-9(13)8-16-11(10)14/h7-8,15,17H,3-6H2,1-2H3,(H2,14,16). The van der Waals surface area contributed by atoms with Crippen molar-refractivity contribution in [2.75, 3.05) is 18.8 Å². The third-order valence-corrected chi connectivity index (χ3v) is 2.89. The van der Waals surface area contributed by atoms with Crippen molar-refractivity contribution in [2.24, 2.45) is 0 Å². The molecule has 1 aromatic heterocycles. The minimum absolute atomic E-state index is 0.329. The van der Waals surface area contributed by atoms with Crippen molar-refractivity contribution in [3.63, 3.8) is 0 Å². The molecule has 1 atom stereocenters. The van der Waals surface area contributed by atoms with Crippen LogP contribution >= 0.6 is 11.6 Å². The highest BCUT2D eigenvalue weighted by atomic mass is 35.5. The summed E-state index contributed by atoms with van der Waals surface area (Å²) in [4.78, 5) is 3.95. The normalized spacial score (nSPS) is 14.6. The van der Waals surface area contributed by atoms with E-state index in [1.807, 2.05) is 0 Å². The van der Waals surface area contributed by atoms with Crippen LogP contribution in [0.15, 0.2) is 12.3 Å². The van der Waals surface area contributed by atoms with E-state index in [1.165, 1.54) is 6.20 Å². The SMILES string of the molecule is CCCNCCC(C)(O)c1cc(Cl)cnc1N. The van der Waals surface area contributed by atoms with Gasteiger partial charge in [0.15, 0.2) is 0 Å². The van der Waals surface area contributed by atoms with Gasteiger partial charge in [0, 0.05) is 11.8 Å². The summed E-state index contributed by atoms with van der Waals surface area (Å²) < 4.78 is 0. The topological polar surface area (TPSA) is 71.2 Å². The lowest BCUT2D eigenvalue weighted by Gasteiger charge is -2.25. The zero-order valence-corrected chi connectivity index (χ0v) is 11.1. The predicted octanol–water partition coefficient (Wildman–Crippen LogP) is 1.91. The third-order valence-electron chi connectivity index (χ3n) is 2.68. The van der Waals surface area contributed by atoms with E-state index in [9.17, 15) is 5.11 Å². The number of nitrogens with one attached hydrogen (secondary N) is 1. The summed E-state index contributed by atoms with van der Waals surface area (Å²) in [5, 5.41) is 14.1. The van der Waals surface area contributed by atoms with Gasteiger partial charge in [-0.3, -0.25) is 0 Å². The van der Waals surface area contributed by atoms with Crippen LogP contribution in [0, 0.1) is 0 Å². The zero-order chi connectivity index (χ0) is 12.9. The highest BCUT2D eigenvalue weighted by molar-refractivity contribution is 6.30. The molecule has 0 saturated carbocycles. The Kier molecular flexibility index (Phi) is 5.18. The van der Waals surface area contributed by atoms with E-state index in [2.05, 4.69) is 17.2 Å². The number of nitrogens with zero attached hydrogens (tertiary/aromatic N) is 1. The molecule has 0 aliphatic rings. The minimum Gasteiger partial charge on any atom is -0.385 e. The average molecular weight is 258 g/mol. The van der Waals surface area contributed by atoms with Gasteiger partial charge in [0.1, 0.15) is 5.82 Å². The molecular weight excluding hydrogens is 238 g/mol. The van der Waals surface area contributed by atoms with Crippen LogP contribution in [0.1, 0.15) is 32.3 Å². The molecule has 0 amide bonds. The Morgan fingerprint density at radius 2 is 2.24 bits per heavy atom. The van der Waals surface area contributed by atoms with E-state index in [4.69, 9.17) is 17.3 Å². The average Bonchev–Trinajstić information content (AvgIpc) is 2.28. The predicted molar refractivity (Wildman–Crippen MR) is 71.0 cm³/mol. The first-order valence-electron chi connectivity index (χ1n) is 5.82. The van der Waals surface area contributed by atoms with Crippen molar-refractivity contribution in [3.05, 3.63) is 22.8 Å². The van der Waals surface area contributed by atoms with Crippen LogP contribution in [0.2, 0.25) is 5.02 Å². The quantitative estimate of drug-likeness (QED) is 0.681. The van der Waals surface area contributed by atoms with Crippen molar-refractivity contribution in [1.29, 1.82) is 0 Å². The first-order chi connectivity index (χ1) is 7.97. The number of nitrogen functional groups attached to an aromatic ring is 1. The molecular formula is C12H20ClN3O. The van der Waals surface area contributed by atoms with Crippen LogP contribution in [0.5, 0.6) is 0 Å². The summed E-state index contributed by atoms with van der Waals surface area (Å²) >= 11 is 5.86. The summed E-state index contributed by atoms with van der Waals surface area (Å²) in [6, 6.07) is 1.67. The van der Waals surface area contributed by atoms with Crippen LogP contribution in [0.3, 0.4) is 0 Å². The molecule has 1 heterocycles. The fourth-order valence-electron chi connectivity index (χ4n) is 1.65. The number of halogens is 1. The second-order valence-electron chi connectivity index (χ2n) is 4.36. The van der Waals surface area contributed by atoms with Crippen LogP contribution in [-0.4, -0.2) is 23.2 Å². The summed E-state index contributed by atoms with van der Waals surface area (Å²) in [5.74, 6) is 0.329. The van der Waals surface area contributed by atoms with Crippen LogP contribution in [0.25, 0.3) is 0 Å². The van der Waals surface area contributed by atoms with Gasteiger partial charge in [-0.05, 0) is 38.9 Å². The van der Waals surface area contributed by atoms with Crippen molar-refractivity contribution in [1.82, 2.24) is 10.3 Å². The number of anilines is 1. The lowest BCUT2D eigenvalue weighted by atomic mass is 9.93. The third kappa shape index (κ3) is 4.15. The Balaban J connectivity index is 2.71. The highest BCUT2D eigenvalue weighted by Gasteiger charge is 2.25. The first kappa shape index (κ1) is 14.2. The number of nitrogens with two attached hydrogens (primary N) is 1. The largest absolute Gasteiger partial charge is 0.385 e. The Morgan fingerprint density at radius 1 is 1.53 bits per heavy atom. The van der Waals surface area contributed by atoms with Gasteiger partial charge in [-0.15, -0.1) is 0 Å². The Bertz CT molecular complexity index is 369. The van der Waals surface area contributed by atoms with Gasteiger partial charge in [-0.25, -0.2) is 4.98 Å². The summed E-state index contributed by atoms with van der Waals surface area (Å²) in [6.07, 6.45) is 3.12. The zero-order valence-electron chi connectivity index (χ0n) is 10.3. The molecule has 0 radical (unpaired) electrons. The van der Waals surface area contributed by atoms with Crippen molar-refractivity contribution < 1.29 is 5.11 Å². The van der Waals surface area contributed by atoms with Crippen LogP contribution < -0.4 is 11.1 Å². The summed E-state index contributed by atoms with van der Waals surface area (Å²) in [6.45, 7) is 5.50. The molecule has 0 aromatic carbocycles. The van der Waals surface area contributed by atoms with E-state index in [0.717, 1.165) is 19.5 Å². The number of hydrogen-bond acceptors (Lipinski definition) is 4. The van der Waals surface area contributed by atoms with Crippen LogP contribution in [0.4, 0.5) is 5.82 Å². The monoisotopic (exact) mass is 257 g/mol. The first-order valence-corrected chi connectivity index (χ1v) is 6.19. The fourth-order valence-corrected chi connectivity index (χ4v) is 1.81. The molecule has 1 rings (SSSR count). The Hall–Kier alpha value is -0.840. The maximum absolute atomic E-state index is 10.4. The molecule has 1 unspecified atom stereocenters. The van der Waals surface area contributed by atoms with Gasteiger partial charge < -0.3 is 16.2 Å². The number of rotatable bonds is 6. The van der Waals surface area contributed by atoms with E-state index in [0.29, 0.717) is 22.8 Å². The van der Waals surface area contributed by atoms with Crippen molar-refractivity contribution >= 4 is 17.4 Å². The number of pyridine rings is 1. The maximum atomic E-state index is 10.4. The number of aromatic nitrogens is 1. The second kappa shape index (κ2) is 6.19. The molecule has 0 saturated heterocycles.